The molecule has 0 radical (unpaired) electrons. The second kappa shape index (κ2) is 5.58. The average molecular weight is 290 g/mol. The van der Waals surface area contributed by atoms with Gasteiger partial charge < -0.3 is 4.74 Å². The first-order chi connectivity index (χ1) is 10.0. The third-order valence-corrected chi connectivity index (χ3v) is 5.72. The molecular formula is C18H26O3. The third kappa shape index (κ3) is 2.93. The molecule has 0 aromatic heterocycles. The topological polar surface area (TPSA) is 43.4 Å². The first-order valence-corrected chi connectivity index (χ1v) is 8.38. The molecule has 0 heterocycles. The summed E-state index contributed by atoms with van der Waals surface area (Å²) < 4.78 is 4.92. The highest BCUT2D eigenvalue weighted by atomic mass is 16.5. The molecule has 4 aliphatic carbocycles. The Labute approximate surface area is 127 Å². The van der Waals surface area contributed by atoms with Gasteiger partial charge in [-0.05, 0) is 70.1 Å². The number of carbonyl (C=O) groups excluding carboxylic acids is 2. The fraction of sp³-hybridized carbons (Fsp3) is 0.778. The van der Waals surface area contributed by atoms with Crippen molar-refractivity contribution in [2.45, 2.75) is 58.8 Å². The Hall–Kier alpha value is -1.12. The molecule has 4 aliphatic rings. The molecule has 4 rings (SSSR count). The number of ether oxygens (including phenoxy) is 1. The highest BCUT2D eigenvalue weighted by molar-refractivity contribution is 5.89. The van der Waals surface area contributed by atoms with Crippen molar-refractivity contribution in [1.82, 2.24) is 0 Å². The van der Waals surface area contributed by atoms with Gasteiger partial charge in [0.2, 0.25) is 0 Å². The van der Waals surface area contributed by atoms with Crippen LogP contribution >= 0.6 is 0 Å². The molecule has 0 amide bonds. The number of carbonyl (C=O) groups is 2. The first kappa shape index (κ1) is 14.8. The van der Waals surface area contributed by atoms with E-state index in [0.717, 1.165) is 42.6 Å². The summed E-state index contributed by atoms with van der Waals surface area (Å²) >= 11 is 0. The number of ketones is 1. The molecule has 0 N–H and O–H groups in total. The molecule has 4 bridgehead atoms. The number of hydrogen-bond donors (Lipinski definition) is 0. The van der Waals surface area contributed by atoms with Gasteiger partial charge in [0.15, 0.2) is 0 Å². The van der Waals surface area contributed by atoms with Crippen LogP contribution in [0.25, 0.3) is 0 Å². The van der Waals surface area contributed by atoms with E-state index in [1.165, 1.54) is 25.3 Å². The molecule has 3 heteroatoms. The van der Waals surface area contributed by atoms with Crippen molar-refractivity contribution >= 4 is 11.8 Å². The Morgan fingerprint density at radius 3 is 2.10 bits per heavy atom. The van der Waals surface area contributed by atoms with Crippen molar-refractivity contribution in [2.24, 2.45) is 23.2 Å². The summed E-state index contributed by atoms with van der Waals surface area (Å²) in [4.78, 5) is 24.3. The predicted octanol–water partition coefficient (Wildman–Crippen LogP) is 3.67. The molecular weight excluding hydrogens is 264 g/mol. The molecule has 0 atom stereocenters. The lowest BCUT2D eigenvalue weighted by Gasteiger charge is -2.56. The molecule has 4 fully saturated rings. The van der Waals surface area contributed by atoms with Crippen LogP contribution in [0.3, 0.4) is 0 Å². The van der Waals surface area contributed by atoms with Gasteiger partial charge in [-0.1, -0.05) is 5.57 Å². The summed E-state index contributed by atoms with van der Waals surface area (Å²) in [6.45, 7) is 4.04. The monoisotopic (exact) mass is 290 g/mol. The number of allylic oxidation sites excluding steroid dienone is 1. The Kier molecular flexibility index (Phi) is 3.94. The van der Waals surface area contributed by atoms with Crippen LogP contribution in [0.4, 0.5) is 0 Å². The quantitative estimate of drug-likeness (QED) is 0.573. The van der Waals surface area contributed by atoms with Crippen LogP contribution in [0.5, 0.6) is 0 Å². The van der Waals surface area contributed by atoms with Gasteiger partial charge >= 0.3 is 5.97 Å². The van der Waals surface area contributed by atoms with E-state index in [2.05, 4.69) is 0 Å². The second-order valence-electron chi connectivity index (χ2n) is 7.54. The number of Topliss-reactive ketones (excluding diaryl/α,β-unsaturated/α-hetero) is 1. The zero-order chi connectivity index (χ0) is 15.0. The fourth-order valence-electron chi connectivity index (χ4n) is 5.33. The van der Waals surface area contributed by atoms with E-state index >= 15 is 0 Å². The van der Waals surface area contributed by atoms with Gasteiger partial charge in [-0.25, -0.2) is 4.79 Å². The molecule has 0 unspecified atom stereocenters. The maximum absolute atomic E-state index is 12.9. The van der Waals surface area contributed by atoms with Gasteiger partial charge in [0.1, 0.15) is 5.78 Å². The smallest absolute Gasteiger partial charge is 0.330 e. The van der Waals surface area contributed by atoms with Crippen LogP contribution < -0.4 is 0 Å². The van der Waals surface area contributed by atoms with Crippen molar-refractivity contribution in [3.8, 4) is 0 Å². The van der Waals surface area contributed by atoms with Crippen LogP contribution in [-0.2, 0) is 14.3 Å². The lowest BCUT2D eigenvalue weighted by atomic mass is 9.48. The van der Waals surface area contributed by atoms with Crippen LogP contribution in [0, 0.1) is 23.2 Å². The van der Waals surface area contributed by atoms with Gasteiger partial charge in [-0.15, -0.1) is 0 Å². The maximum atomic E-state index is 12.9. The minimum atomic E-state index is -0.326. The molecule has 0 aliphatic heterocycles. The number of rotatable bonds is 5. The largest absolute Gasteiger partial charge is 0.463 e. The molecule has 0 spiro atoms. The summed E-state index contributed by atoms with van der Waals surface area (Å²) in [6.07, 6.45) is 9.27. The maximum Gasteiger partial charge on any atom is 0.330 e. The van der Waals surface area contributed by atoms with E-state index in [-0.39, 0.29) is 11.4 Å². The minimum Gasteiger partial charge on any atom is -0.463 e. The predicted molar refractivity (Wildman–Crippen MR) is 80.6 cm³/mol. The van der Waals surface area contributed by atoms with E-state index in [4.69, 9.17) is 4.74 Å². The Bertz CT molecular complexity index is 440. The van der Waals surface area contributed by atoms with E-state index in [1.807, 2.05) is 6.92 Å². The molecule has 0 aromatic carbocycles. The van der Waals surface area contributed by atoms with Gasteiger partial charge in [0, 0.05) is 17.9 Å². The third-order valence-electron chi connectivity index (χ3n) is 5.72. The molecule has 3 nitrogen and oxygen atoms in total. The van der Waals surface area contributed by atoms with Gasteiger partial charge in [0.05, 0.1) is 6.61 Å². The first-order valence-electron chi connectivity index (χ1n) is 8.38. The summed E-state index contributed by atoms with van der Waals surface area (Å²) in [6, 6.07) is 0. The zero-order valence-electron chi connectivity index (χ0n) is 13.2. The van der Waals surface area contributed by atoms with Crippen LogP contribution in [0.2, 0.25) is 0 Å². The lowest BCUT2D eigenvalue weighted by Crippen LogP contribution is -2.50. The summed E-state index contributed by atoms with van der Waals surface area (Å²) in [5.41, 5.74) is 0.785. The van der Waals surface area contributed by atoms with Crippen molar-refractivity contribution in [3.05, 3.63) is 11.6 Å². The molecule has 4 saturated carbocycles. The highest BCUT2D eigenvalue weighted by Gasteiger charge is 2.53. The summed E-state index contributed by atoms with van der Waals surface area (Å²) in [7, 11) is 0. The van der Waals surface area contributed by atoms with Crippen LogP contribution in [0.1, 0.15) is 58.8 Å². The normalized spacial score (nSPS) is 37.6. The van der Waals surface area contributed by atoms with E-state index in [0.29, 0.717) is 18.8 Å². The highest BCUT2D eigenvalue weighted by Crippen LogP contribution is 2.60. The number of esters is 1. The SMILES string of the molecule is CCOC(=O)C=C(C)CC(=O)C12CC3CC(CC(C3)C1)C2. The molecule has 0 aromatic rings. The van der Waals surface area contributed by atoms with E-state index in [9.17, 15) is 9.59 Å². The molecule has 0 saturated heterocycles. The van der Waals surface area contributed by atoms with Crippen LogP contribution in [0.15, 0.2) is 11.6 Å². The van der Waals surface area contributed by atoms with Crippen LogP contribution in [-0.4, -0.2) is 18.4 Å². The van der Waals surface area contributed by atoms with Crippen molar-refractivity contribution < 1.29 is 14.3 Å². The standard InChI is InChI=1S/C18H26O3/c1-3-21-17(20)5-12(2)4-16(19)18-9-13-6-14(10-18)8-15(7-13)11-18/h5,13-15H,3-4,6-11H2,1-2H3. The summed E-state index contributed by atoms with van der Waals surface area (Å²) in [5, 5.41) is 0. The Morgan fingerprint density at radius 1 is 1.10 bits per heavy atom. The zero-order valence-corrected chi connectivity index (χ0v) is 13.2. The van der Waals surface area contributed by atoms with Gasteiger partial charge in [-0.3, -0.25) is 4.79 Å². The van der Waals surface area contributed by atoms with E-state index in [1.54, 1.807) is 6.92 Å². The van der Waals surface area contributed by atoms with Crippen molar-refractivity contribution in [3.63, 3.8) is 0 Å². The van der Waals surface area contributed by atoms with Gasteiger partial charge in [0.25, 0.3) is 0 Å². The van der Waals surface area contributed by atoms with Gasteiger partial charge in [-0.2, -0.15) is 0 Å². The number of hydrogen-bond acceptors (Lipinski definition) is 3. The van der Waals surface area contributed by atoms with Crippen molar-refractivity contribution in [2.75, 3.05) is 6.61 Å². The minimum absolute atomic E-state index is 0.0570. The van der Waals surface area contributed by atoms with E-state index < -0.39 is 0 Å². The fourth-order valence-corrected chi connectivity index (χ4v) is 5.33. The Morgan fingerprint density at radius 2 is 1.62 bits per heavy atom. The lowest BCUT2D eigenvalue weighted by molar-refractivity contribution is -0.143. The second-order valence-corrected chi connectivity index (χ2v) is 7.54. The average Bonchev–Trinajstić information content (AvgIpc) is 2.36. The van der Waals surface area contributed by atoms with Crippen molar-refractivity contribution in [1.29, 1.82) is 0 Å². The molecule has 21 heavy (non-hydrogen) atoms. The molecule has 116 valence electrons. The Balaban J connectivity index is 1.67. The summed E-state index contributed by atoms with van der Waals surface area (Å²) in [5.74, 6) is 2.41.